The number of carbonyl (C=O) groups excluding carboxylic acids is 1. The zero-order valence-corrected chi connectivity index (χ0v) is 10.1. The van der Waals surface area contributed by atoms with Gasteiger partial charge in [0.1, 0.15) is 0 Å². The zero-order valence-electron chi connectivity index (χ0n) is 10.1. The van der Waals surface area contributed by atoms with Crippen LogP contribution in [0.3, 0.4) is 0 Å². The van der Waals surface area contributed by atoms with E-state index in [9.17, 15) is 4.79 Å². The summed E-state index contributed by atoms with van der Waals surface area (Å²) in [6.45, 7) is 3.84. The van der Waals surface area contributed by atoms with Gasteiger partial charge in [-0.1, -0.05) is 0 Å². The summed E-state index contributed by atoms with van der Waals surface area (Å²) < 4.78 is 0. The third-order valence-electron chi connectivity index (χ3n) is 3.23. The second-order valence-electron chi connectivity index (χ2n) is 4.55. The van der Waals surface area contributed by atoms with Gasteiger partial charge in [-0.05, 0) is 44.0 Å². The van der Waals surface area contributed by atoms with Gasteiger partial charge in [-0.2, -0.15) is 0 Å². The Hall–Kier alpha value is -1.42. The Morgan fingerprint density at radius 3 is 2.94 bits per heavy atom. The fourth-order valence-electron chi connectivity index (χ4n) is 2.14. The minimum atomic E-state index is 0.0485. The van der Waals surface area contributed by atoms with E-state index in [-0.39, 0.29) is 17.9 Å². The molecule has 0 unspecified atom stereocenters. The highest BCUT2D eigenvalue weighted by Crippen LogP contribution is 2.14. The van der Waals surface area contributed by atoms with Crippen LogP contribution in [0.2, 0.25) is 0 Å². The van der Waals surface area contributed by atoms with Gasteiger partial charge >= 0.3 is 0 Å². The molecule has 1 aliphatic heterocycles. The maximum atomic E-state index is 12.0. The standard InChI is InChI=1S/C13H19N3O/c1-10(11-4-7-14-8-5-11)16-13(17)12-3-2-6-15-9-12/h4-5,7-8,10,12,15H,2-3,6,9H2,1H3,(H,16,17)/t10-,12+/m0/s1. The lowest BCUT2D eigenvalue weighted by Crippen LogP contribution is -2.41. The van der Waals surface area contributed by atoms with Gasteiger partial charge < -0.3 is 10.6 Å². The third kappa shape index (κ3) is 3.27. The number of nitrogens with zero attached hydrogens (tertiary/aromatic N) is 1. The summed E-state index contributed by atoms with van der Waals surface area (Å²) >= 11 is 0. The minimum absolute atomic E-state index is 0.0485. The van der Waals surface area contributed by atoms with E-state index in [1.807, 2.05) is 19.1 Å². The van der Waals surface area contributed by atoms with E-state index in [1.54, 1.807) is 12.4 Å². The van der Waals surface area contributed by atoms with Gasteiger partial charge in [-0.15, -0.1) is 0 Å². The molecular weight excluding hydrogens is 214 g/mol. The summed E-state index contributed by atoms with van der Waals surface area (Å²) in [6.07, 6.45) is 5.57. The van der Waals surface area contributed by atoms with E-state index in [4.69, 9.17) is 0 Å². The first-order chi connectivity index (χ1) is 8.27. The maximum absolute atomic E-state index is 12.0. The average Bonchev–Trinajstić information content (AvgIpc) is 2.40. The highest BCUT2D eigenvalue weighted by atomic mass is 16.1. The predicted molar refractivity (Wildman–Crippen MR) is 66.4 cm³/mol. The van der Waals surface area contributed by atoms with Crippen molar-refractivity contribution in [3.8, 4) is 0 Å². The lowest BCUT2D eigenvalue weighted by Gasteiger charge is -2.24. The topological polar surface area (TPSA) is 54.0 Å². The first kappa shape index (κ1) is 12.0. The molecule has 0 bridgehead atoms. The van der Waals surface area contributed by atoms with Gasteiger partial charge in [0, 0.05) is 18.9 Å². The lowest BCUT2D eigenvalue weighted by molar-refractivity contribution is -0.126. The molecule has 1 amide bonds. The van der Waals surface area contributed by atoms with Crippen molar-refractivity contribution < 1.29 is 4.79 Å². The molecule has 0 radical (unpaired) electrons. The summed E-state index contributed by atoms with van der Waals surface area (Å²) in [6, 6.07) is 3.92. The Balaban J connectivity index is 1.89. The van der Waals surface area contributed by atoms with E-state index in [0.29, 0.717) is 0 Å². The molecule has 1 aromatic heterocycles. The number of carbonyl (C=O) groups is 1. The van der Waals surface area contributed by atoms with Gasteiger partial charge in [0.15, 0.2) is 0 Å². The van der Waals surface area contributed by atoms with Crippen LogP contribution >= 0.6 is 0 Å². The Morgan fingerprint density at radius 1 is 1.53 bits per heavy atom. The fourth-order valence-corrected chi connectivity index (χ4v) is 2.14. The molecule has 1 saturated heterocycles. The molecule has 0 spiro atoms. The van der Waals surface area contributed by atoms with Crippen molar-refractivity contribution in [3.05, 3.63) is 30.1 Å². The zero-order chi connectivity index (χ0) is 12.1. The highest BCUT2D eigenvalue weighted by molar-refractivity contribution is 5.79. The molecule has 2 N–H and O–H groups in total. The van der Waals surface area contributed by atoms with E-state index in [1.165, 1.54) is 0 Å². The number of hydrogen-bond acceptors (Lipinski definition) is 3. The molecule has 1 aromatic rings. The van der Waals surface area contributed by atoms with Crippen LogP contribution in [0.1, 0.15) is 31.4 Å². The maximum Gasteiger partial charge on any atom is 0.224 e. The molecular formula is C13H19N3O. The number of amides is 1. The molecule has 2 atom stereocenters. The van der Waals surface area contributed by atoms with E-state index in [0.717, 1.165) is 31.5 Å². The molecule has 1 aliphatic rings. The normalized spacial score (nSPS) is 21.8. The highest BCUT2D eigenvalue weighted by Gasteiger charge is 2.22. The molecule has 2 heterocycles. The van der Waals surface area contributed by atoms with Crippen molar-refractivity contribution >= 4 is 5.91 Å². The third-order valence-corrected chi connectivity index (χ3v) is 3.23. The molecule has 0 aromatic carbocycles. The molecule has 1 fully saturated rings. The minimum Gasteiger partial charge on any atom is -0.349 e. The molecule has 17 heavy (non-hydrogen) atoms. The average molecular weight is 233 g/mol. The van der Waals surface area contributed by atoms with Crippen molar-refractivity contribution in [1.82, 2.24) is 15.6 Å². The van der Waals surface area contributed by atoms with E-state index in [2.05, 4.69) is 15.6 Å². The number of rotatable bonds is 3. The van der Waals surface area contributed by atoms with Crippen LogP contribution in [-0.4, -0.2) is 24.0 Å². The quantitative estimate of drug-likeness (QED) is 0.826. The Kier molecular flexibility index (Phi) is 4.09. The summed E-state index contributed by atoms with van der Waals surface area (Å²) in [4.78, 5) is 16.0. The monoisotopic (exact) mass is 233 g/mol. The molecule has 0 aliphatic carbocycles. The van der Waals surface area contributed by atoms with E-state index >= 15 is 0 Å². The van der Waals surface area contributed by atoms with Crippen LogP contribution in [-0.2, 0) is 4.79 Å². The molecule has 92 valence electrons. The Morgan fingerprint density at radius 2 is 2.29 bits per heavy atom. The molecule has 4 heteroatoms. The number of aromatic nitrogens is 1. The van der Waals surface area contributed by atoms with Crippen LogP contribution < -0.4 is 10.6 Å². The van der Waals surface area contributed by atoms with Crippen molar-refractivity contribution in [1.29, 1.82) is 0 Å². The van der Waals surface area contributed by atoms with E-state index < -0.39 is 0 Å². The molecule has 0 saturated carbocycles. The van der Waals surface area contributed by atoms with Gasteiger partial charge in [-0.3, -0.25) is 9.78 Å². The van der Waals surface area contributed by atoms with Crippen LogP contribution in [0.15, 0.2) is 24.5 Å². The predicted octanol–water partition coefficient (Wildman–Crippen LogP) is 1.26. The van der Waals surface area contributed by atoms with Crippen molar-refractivity contribution in [2.45, 2.75) is 25.8 Å². The molecule has 4 nitrogen and oxygen atoms in total. The van der Waals surface area contributed by atoms with Crippen molar-refractivity contribution in [3.63, 3.8) is 0 Å². The fraction of sp³-hybridized carbons (Fsp3) is 0.538. The summed E-state index contributed by atoms with van der Waals surface area (Å²) in [5, 5.41) is 6.32. The van der Waals surface area contributed by atoms with Crippen LogP contribution in [0.25, 0.3) is 0 Å². The summed E-state index contributed by atoms with van der Waals surface area (Å²) in [5.74, 6) is 0.273. The Bertz CT molecular complexity index is 360. The summed E-state index contributed by atoms with van der Waals surface area (Å²) in [7, 11) is 0. The second-order valence-corrected chi connectivity index (χ2v) is 4.55. The first-order valence-corrected chi connectivity index (χ1v) is 6.18. The number of piperidine rings is 1. The number of nitrogens with one attached hydrogen (secondary N) is 2. The van der Waals surface area contributed by atoms with Gasteiger partial charge in [0.2, 0.25) is 5.91 Å². The number of hydrogen-bond donors (Lipinski definition) is 2. The molecule has 2 rings (SSSR count). The second kappa shape index (κ2) is 5.77. The van der Waals surface area contributed by atoms with Gasteiger partial charge in [0.05, 0.1) is 12.0 Å². The van der Waals surface area contributed by atoms with Crippen molar-refractivity contribution in [2.75, 3.05) is 13.1 Å². The summed E-state index contributed by atoms with van der Waals surface area (Å²) in [5.41, 5.74) is 1.09. The van der Waals surface area contributed by atoms with Gasteiger partial charge in [-0.25, -0.2) is 0 Å². The van der Waals surface area contributed by atoms with Crippen LogP contribution in [0, 0.1) is 5.92 Å². The largest absolute Gasteiger partial charge is 0.349 e. The smallest absolute Gasteiger partial charge is 0.224 e. The van der Waals surface area contributed by atoms with Gasteiger partial charge in [0.25, 0.3) is 0 Å². The van der Waals surface area contributed by atoms with Crippen LogP contribution in [0.4, 0.5) is 0 Å². The number of pyridine rings is 1. The Labute approximate surface area is 102 Å². The lowest BCUT2D eigenvalue weighted by atomic mass is 9.98. The first-order valence-electron chi connectivity index (χ1n) is 6.18. The van der Waals surface area contributed by atoms with Crippen molar-refractivity contribution in [2.24, 2.45) is 5.92 Å². The van der Waals surface area contributed by atoms with Crippen LogP contribution in [0.5, 0.6) is 0 Å². The SMILES string of the molecule is C[C@H](NC(=O)[C@@H]1CCCNC1)c1ccncc1.